The van der Waals surface area contributed by atoms with E-state index in [1.807, 2.05) is 18.2 Å². The van der Waals surface area contributed by atoms with Crippen molar-refractivity contribution in [3.8, 4) is 11.5 Å². The summed E-state index contributed by atoms with van der Waals surface area (Å²) in [5, 5.41) is 28.1. The minimum atomic E-state index is -3.92. The number of hydrogen-bond donors (Lipinski definition) is 4. The summed E-state index contributed by atoms with van der Waals surface area (Å²) >= 11 is 2.26. The number of nitrogens with two attached hydrogens (primary N) is 1. The molecule has 56 heavy (non-hydrogen) atoms. The molecule has 0 aliphatic carbocycles. The molecule has 19 nitrogen and oxygen atoms in total. The molecular formula is C34H45N7O12S3. The predicted molar refractivity (Wildman–Crippen MR) is 205 cm³/mol. The Morgan fingerprint density at radius 3 is 2.41 bits per heavy atom. The molecule has 0 aliphatic heterocycles. The fourth-order valence-corrected chi connectivity index (χ4v) is 7.29. The number of nitrogens with one attached hydrogen (secondary N) is 2. The maximum atomic E-state index is 12.7. The van der Waals surface area contributed by atoms with Gasteiger partial charge >= 0.3 is 5.97 Å². The van der Waals surface area contributed by atoms with Gasteiger partial charge in [-0.3, -0.25) is 9.59 Å². The molecule has 0 bridgehead atoms. The molecule has 0 unspecified atom stereocenters. The van der Waals surface area contributed by atoms with Gasteiger partial charge in [0.1, 0.15) is 43.0 Å². The highest BCUT2D eigenvalue weighted by Gasteiger charge is 2.21. The fourth-order valence-electron chi connectivity index (χ4n) is 4.61. The van der Waals surface area contributed by atoms with Crippen LogP contribution in [-0.2, 0) is 62.3 Å². The third kappa shape index (κ3) is 16.4. The second-order valence-electron chi connectivity index (χ2n) is 11.7. The molecule has 2 heterocycles. The highest BCUT2D eigenvalue weighted by Crippen LogP contribution is 2.28. The van der Waals surface area contributed by atoms with Gasteiger partial charge in [0, 0.05) is 25.0 Å². The second-order valence-corrected chi connectivity index (χ2v) is 15.5. The van der Waals surface area contributed by atoms with Crippen molar-refractivity contribution in [3.63, 3.8) is 0 Å². The molecule has 2 aromatic carbocycles. The largest absolute Gasteiger partial charge is 0.492 e. The molecule has 0 aliphatic rings. The lowest BCUT2D eigenvalue weighted by Crippen LogP contribution is -2.44. The molecule has 0 saturated carbocycles. The number of carbonyl (C=O) groups is 3. The molecule has 0 fully saturated rings. The summed E-state index contributed by atoms with van der Waals surface area (Å²) in [6, 6.07) is 11.0. The summed E-state index contributed by atoms with van der Waals surface area (Å²) in [5.41, 5.74) is 1.76. The van der Waals surface area contributed by atoms with E-state index >= 15 is 0 Å². The first-order chi connectivity index (χ1) is 27.0. The number of methoxy groups -OCH3 is 1. The summed E-state index contributed by atoms with van der Waals surface area (Å²) < 4.78 is 57.3. The van der Waals surface area contributed by atoms with Gasteiger partial charge in [0.05, 0.1) is 69.2 Å². The Morgan fingerprint density at radius 1 is 0.946 bits per heavy atom. The van der Waals surface area contributed by atoms with Gasteiger partial charge in [-0.15, -0.1) is 16.4 Å². The number of hydrogen-bond acceptors (Lipinski definition) is 16. The Bertz CT molecular complexity index is 1960. The van der Waals surface area contributed by atoms with Gasteiger partial charge in [0.2, 0.25) is 16.2 Å². The van der Waals surface area contributed by atoms with Gasteiger partial charge in [-0.1, -0.05) is 17.3 Å². The number of primary sulfonamides is 1. The fraction of sp³-hybridized carbons (Fsp3) is 0.471. The maximum Gasteiger partial charge on any atom is 0.327 e. The summed E-state index contributed by atoms with van der Waals surface area (Å²) in [7, 11) is -2.31. The topological polar surface area (TPSA) is 255 Å². The lowest BCUT2D eigenvalue weighted by Gasteiger charge is -2.14. The van der Waals surface area contributed by atoms with Crippen LogP contribution in [0, 0.1) is 0 Å². The standard InChI is InChI=1S/C34H45N7O12S3/c1-48-11-12-50-15-16-51-14-13-49-9-7-31(42)36-8-10-52-26-4-2-3-24(17-26)22-54-23-29(33(44)45)37-32(43)20-41-19-25(39-40-41)21-53-27-5-6-28-30(18-27)55-34(38-28)56(35,46)47/h2-6,17-19,29H,7-16,20-23H2,1H3,(H,36,42)(H,37,43)(H,44,45)(H2,35,46,47)/t29-/m1/s1. The van der Waals surface area contributed by atoms with Crippen LogP contribution in [0.4, 0.5) is 0 Å². The van der Waals surface area contributed by atoms with E-state index in [4.69, 9.17) is 33.6 Å². The highest BCUT2D eigenvalue weighted by atomic mass is 32.2. The van der Waals surface area contributed by atoms with Crippen LogP contribution < -0.4 is 25.2 Å². The number of thioether (sulfide) groups is 1. The van der Waals surface area contributed by atoms with E-state index in [0.29, 0.717) is 79.3 Å². The number of ether oxygens (including phenoxy) is 6. The van der Waals surface area contributed by atoms with Gasteiger partial charge in [-0.25, -0.2) is 28.0 Å². The molecule has 22 heteroatoms. The Hall–Kier alpha value is -4.42. The quantitative estimate of drug-likeness (QED) is 0.0586. The van der Waals surface area contributed by atoms with Crippen molar-refractivity contribution in [1.29, 1.82) is 0 Å². The van der Waals surface area contributed by atoms with Crippen LogP contribution in [0.3, 0.4) is 0 Å². The number of aliphatic carboxylic acids is 1. The van der Waals surface area contributed by atoms with Gasteiger partial charge in [0.15, 0.2) is 0 Å². The number of fused-ring (bicyclic) bond motifs is 1. The Balaban J connectivity index is 1.08. The van der Waals surface area contributed by atoms with E-state index < -0.39 is 27.9 Å². The number of carboxylic acid groups (broad SMARTS) is 1. The van der Waals surface area contributed by atoms with Crippen LogP contribution in [0.25, 0.3) is 10.2 Å². The zero-order valence-corrected chi connectivity index (χ0v) is 33.1. The molecular weight excluding hydrogens is 795 g/mol. The Morgan fingerprint density at radius 2 is 1.68 bits per heavy atom. The molecule has 0 spiro atoms. The Kier molecular flexibility index (Phi) is 18.7. The second kappa shape index (κ2) is 23.6. The van der Waals surface area contributed by atoms with Gasteiger partial charge in [-0.05, 0) is 35.9 Å². The minimum Gasteiger partial charge on any atom is -0.492 e. The number of carbonyl (C=O) groups excluding carboxylic acids is 2. The van der Waals surface area contributed by atoms with Crippen LogP contribution in [0.5, 0.6) is 11.5 Å². The smallest absolute Gasteiger partial charge is 0.327 e. The van der Waals surface area contributed by atoms with Crippen molar-refractivity contribution in [1.82, 2.24) is 30.6 Å². The van der Waals surface area contributed by atoms with E-state index in [0.717, 1.165) is 16.9 Å². The zero-order chi connectivity index (χ0) is 40.2. The predicted octanol–water partition coefficient (Wildman–Crippen LogP) is 1.20. The number of amides is 2. The number of benzene rings is 2. The number of carboxylic acids is 1. The third-order valence-corrected chi connectivity index (χ3v) is 10.7. The van der Waals surface area contributed by atoms with Gasteiger partial charge in [-0.2, -0.15) is 11.8 Å². The SMILES string of the molecule is COCCOCCOCCOCCC(=O)NCCOc1cccc(CSC[C@@H](NC(=O)Cn2cc(COc3ccc4nc(S(N)(=O)=O)sc4c3)nn2)C(=O)O)c1. The molecule has 306 valence electrons. The van der Waals surface area contributed by atoms with Crippen molar-refractivity contribution >= 4 is 61.1 Å². The van der Waals surface area contributed by atoms with Crippen molar-refractivity contribution in [2.24, 2.45) is 5.14 Å². The summed E-state index contributed by atoms with van der Waals surface area (Å²) in [4.78, 5) is 40.6. The number of thiazole rings is 1. The minimum absolute atomic E-state index is 0.00656. The van der Waals surface area contributed by atoms with E-state index in [-0.39, 0.29) is 48.8 Å². The van der Waals surface area contributed by atoms with E-state index in [1.165, 1.54) is 22.6 Å². The molecule has 5 N–H and O–H groups in total. The summed E-state index contributed by atoms with van der Waals surface area (Å²) in [6.07, 6.45) is 1.71. The molecule has 2 amide bonds. The number of aromatic nitrogens is 4. The molecule has 0 saturated heterocycles. The molecule has 4 rings (SSSR count). The first-order valence-corrected chi connectivity index (χ1v) is 20.8. The van der Waals surface area contributed by atoms with Crippen LogP contribution in [0.15, 0.2) is 53.0 Å². The van der Waals surface area contributed by atoms with Crippen molar-refractivity contribution in [2.45, 2.75) is 35.7 Å². The lowest BCUT2D eigenvalue weighted by molar-refractivity contribution is -0.141. The first-order valence-electron chi connectivity index (χ1n) is 17.3. The van der Waals surface area contributed by atoms with Crippen LogP contribution >= 0.6 is 23.1 Å². The first kappa shape index (κ1) is 44.3. The average Bonchev–Trinajstić information content (AvgIpc) is 3.81. The monoisotopic (exact) mass is 839 g/mol. The molecule has 4 aromatic rings. The highest BCUT2D eigenvalue weighted by molar-refractivity contribution is 7.98. The van der Waals surface area contributed by atoms with E-state index in [2.05, 4.69) is 25.9 Å². The molecule has 2 aromatic heterocycles. The number of rotatable bonds is 28. The lowest BCUT2D eigenvalue weighted by atomic mass is 10.2. The summed E-state index contributed by atoms with van der Waals surface area (Å²) in [5.74, 6) is -0.281. The van der Waals surface area contributed by atoms with Gasteiger partial charge < -0.3 is 44.2 Å². The zero-order valence-electron chi connectivity index (χ0n) is 30.6. The van der Waals surface area contributed by atoms with Crippen molar-refractivity contribution in [2.75, 3.05) is 72.3 Å². The molecule has 1 atom stereocenters. The van der Waals surface area contributed by atoms with E-state index in [9.17, 15) is 27.9 Å². The van der Waals surface area contributed by atoms with Crippen LogP contribution in [0.2, 0.25) is 0 Å². The van der Waals surface area contributed by atoms with E-state index in [1.54, 1.807) is 31.4 Å². The third-order valence-electron chi connectivity index (χ3n) is 7.29. The summed E-state index contributed by atoms with van der Waals surface area (Å²) in [6.45, 7) is 3.39. The normalized spacial score (nSPS) is 12.0. The number of sulfonamides is 1. The maximum absolute atomic E-state index is 12.7. The van der Waals surface area contributed by atoms with Crippen molar-refractivity contribution in [3.05, 3.63) is 59.9 Å². The van der Waals surface area contributed by atoms with Crippen LogP contribution in [0.1, 0.15) is 17.7 Å². The molecule has 0 radical (unpaired) electrons. The van der Waals surface area contributed by atoms with Crippen LogP contribution in [-0.4, -0.2) is 130 Å². The number of nitrogens with zero attached hydrogens (tertiary/aromatic N) is 4. The van der Waals surface area contributed by atoms with Gasteiger partial charge in [0.25, 0.3) is 10.0 Å². The van der Waals surface area contributed by atoms with Crippen molar-refractivity contribution < 1.29 is 56.3 Å². The Labute approximate surface area is 331 Å². The average molecular weight is 840 g/mol.